The number of benzene rings is 3. The van der Waals surface area contributed by atoms with Crippen LogP contribution in [-0.2, 0) is 0 Å². The van der Waals surface area contributed by atoms with Crippen LogP contribution in [0.1, 0.15) is 11.4 Å². The molecule has 0 spiro atoms. The smallest absolute Gasteiger partial charge is 0.138 e. The monoisotopic (exact) mass is 360 g/mol. The van der Waals surface area contributed by atoms with Gasteiger partial charge in [0, 0.05) is 10.6 Å². The largest absolute Gasteiger partial charge is 0.293 e. The first kappa shape index (κ1) is 16.6. The first-order chi connectivity index (χ1) is 12.7. The van der Waals surface area contributed by atoms with E-state index in [2.05, 4.69) is 30.5 Å². The van der Waals surface area contributed by atoms with Crippen molar-refractivity contribution in [3.8, 4) is 5.69 Å². The molecule has 1 aromatic heterocycles. The molecule has 0 aliphatic rings. The number of para-hydroxylation sites is 2. The number of aromatic nitrogens is 2. The number of nitrogens with zero attached hydrogens (tertiary/aromatic N) is 2. The highest BCUT2D eigenvalue weighted by Crippen LogP contribution is 2.23. The number of rotatable bonds is 4. The Morgan fingerprint density at radius 2 is 1.62 bits per heavy atom. The molecule has 3 aromatic carbocycles. The van der Waals surface area contributed by atoms with E-state index in [9.17, 15) is 4.39 Å². The molecule has 0 fully saturated rings. The Balaban J connectivity index is 1.79. The van der Waals surface area contributed by atoms with E-state index in [1.807, 2.05) is 41.0 Å². The lowest BCUT2D eigenvalue weighted by atomic mass is 10.2. The van der Waals surface area contributed by atoms with Crippen molar-refractivity contribution in [2.24, 2.45) is 0 Å². The molecule has 4 aromatic rings. The minimum Gasteiger partial charge on any atom is -0.293 e. The SMILES string of the molecule is CSc1ccc(/C=C/c2nc3ccccc3n2-c2ccc(F)cc2)cc1. The van der Waals surface area contributed by atoms with Gasteiger partial charge in [0.2, 0.25) is 0 Å². The molecule has 4 heteroatoms. The summed E-state index contributed by atoms with van der Waals surface area (Å²) in [4.78, 5) is 5.98. The average Bonchev–Trinajstić information content (AvgIpc) is 3.06. The van der Waals surface area contributed by atoms with Crippen LogP contribution in [0.4, 0.5) is 4.39 Å². The molecule has 0 bridgehead atoms. The quantitative estimate of drug-likeness (QED) is 0.412. The van der Waals surface area contributed by atoms with Gasteiger partial charge >= 0.3 is 0 Å². The Morgan fingerprint density at radius 3 is 2.35 bits per heavy atom. The molecule has 2 nitrogen and oxygen atoms in total. The predicted molar refractivity (Wildman–Crippen MR) is 108 cm³/mol. The van der Waals surface area contributed by atoms with Crippen LogP contribution in [0.2, 0.25) is 0 Å². The van der Waals surface area contributed by atoms with Gasteiger partial charge in [-0.2, -0.15) is 0 Å². The fourth-order valence-corrected chi connectivity index (χ4v) is 3.31. The third-order valence-corrected chi connectivity index (χ3v) is 4.96. The molecule has 0 unspecified atom stereocenters. The lowest BCUT2D eigenvalue weighted by Gasteiger charge is -2.07. The van der Waals surface area contributed by atoms with Crippen LogP contribution in [0.15, 0.2) is 77.7 Å². The van der Waals surface area contributed by atoms with Gasteiger partial charge in [-0.15, -0.1) is 11.8 Å². The third kappa shape index (κ3) is 3.28. The zero-order chi connectivity index (χ0) is 17.9. The molecule has 128 valence electrons. The molecule has 1 heterocycles. The normalized spacial score (nSPS) is 11.5. The molecule has 0 aliphatic carbocycles. The minimum absolute atomic E-state index is 0.246. The van der Waals surface area contributed by atoms with Crippen molar-refractivity contribution in [1.82, 2.24) is 9.55 Å². The zero-order valence-corrected chi connectivity index (χ0v) is 15.1. The van der Waals surface area contributed by atoms with Crippen LogP contribution >= 0.6 is 11.8 Å². The van der Waals surface area contributed by atoms with Gasteiger partial charge in [0.25, 0.3) is 0 Å². The molecular formula is C22H17FN2S. The number of thioether (sulfide) groups is 1. The zero-order valence-electron chi connectivity index (χ0n) is 14.3. The van der Waals surface area contributed by atoms with E-state index in [1.165, 1.54) is 17.0 Å². The van der Waals surface area contributed by atoms with Crippen molar-refractivity contribution in [2.75, 3.05) is 6.26 Å². The molecule has 26 heavy (non-hydrogen) atoms. The van der Waals surface area contributed by atoms with E-state index in [1.54, 1.807) is 23.9 Å². The molecule has 0 N–H and O–H groups in total. The minimum atomic E-state index is -0.246. The van der Waals surface area contributed by atoms with E-state index in [-0.39, 0.29) is 5.82 Å². The van der Waals surface area contributed by atoms with Crippen LogP contribution in [0.5, 0.6) is 0 Å². The first-order valence-electron chi connectivity index (χ1n) is 8.30. The van der Waals surface area contributed by atoms with E-state index < -0.39 is 0 Å². The topological polar surface area (TPSA) is 17.8 Å². The van der Waals surface area contributed by atoms with E-state index in [4.69, 9.17) is 4.98 Å². The molecule has 4 rings (SSSR count). The standard InChI is InChI=1S/C22H17FN2S/c1-26-19-13-6-16(7-14-19)8-15-22-24-20-4-2-3-5-21(20)25(22)18-11-9-17(23)10-12-18/h2-15H,1H3/b15-8+. The highest BCUT2D eigenvalue weighted by Gasteiger charge is 2.10. The second kappa shape index (κ2) is 7.18. The third-order valence-electron chi connectivity index (χ3n) is 4.21. The molecule has 0 atom stereocenters. The van der Waals surface area contributed by atoms with Gasteiger partial charge in [-0.25, -0.2) is 9.37 Å². The number of hydrogen-bond donors (Lipinski definition) is 0. The number of halogens is 1. The van der Waals surface area contributed by atoms with Gasteiger partial charge < -0.3 is 0 Å². The van der Waals surface area contributed by atoms with Crippen LogP contribution in [0.25, 0.3) is 28.9 Å². The number of fused-ring (bicyclic) bond motifs is 1. The lowest BCUT2D eigenvalue weighted by Crippen LogP contribution is -1.97. The van der Waals surface area contributed by atoms with E-state index >= 15 is 0 Å². The van der Waals surface area contributed by atoms with Gasteiger partial charge in [-0.05, 0) is 66.4 Å². The highest BCUT2D eigenvalue weighted by atomic mass is 32.2. The Morgan fingerprint density at radius 1 is 0.885 bits per heavy atom. The summed E-state index contributed by atoms with van der Waals surface area (Å²) in [5.74, 6) is 0.566. The van der Waals surface area contributed by atoms with Crippen molar-refractivity contribution in [3.63, 3.8) is 0 Å². The molecule has 0 saturated heterocycles. The Hall–Kier alpha value is -2.85. The van der Waals surface area contributed by atoms with Gasteiger partial charge in [0.1, 0.15) is 11.6 Å². The Bertz CT molecular complexity index is 1060. The van der Waals surface area contributed by atoms with Crippen molar-refractivity contribution in [3.05, 3.63) is 90.0 Å². The summed E-state index contributed by atoms with van der Waals surface area (Å²) in [5.41, 5.74) is 3.91. The maximum absolute atomic E-state index is 13.3. The van der Waals surface area contributed by atoms with E-state index in [0.717, 1.165) is 28.1 Å². The van der Waals surface area contributed by atoms with Gasteiger partial charge in [0.05, 0.1) is 11.0 Å². The van der Waals surface area contributed by atoms with Crippen LogP contribution < -0.4 is 0 Å². The van der Waals surface area contributed by atoms with Gasteiger partial charge in [-0.1, -0.05) is 30.3 Å². The number of imidazole rings is 1. The molecular weight excluding hydrogens is 343 g/mol. The number of hydrogen-bond acceptors (Lipinski definition) is 2. The summed E-state index contributed by atoms with van der Waals surface area (Å²) in [6.07, 6.45) is 6.11. The van der Waals surface area contributed by atoms with Gasteiger partial charge in [0.15, 0.2) is 0 Å². The highest BCUT2D eigenvalue weighted by molar-refractivity contribution is 7.98. The summed E-state index contributed by atoms with van der Waals surface area (Å²) in [6, 6.07) is 22.8. The van der Waals surface area contributed by atoms with Crippen molar-refractivity contribution >= 4 is 34.9 Å². The Labute approximate surface area is 156 Å². The predicted octanol–water partition coefficient (Wildman–Crippen LogP) is 6.06. The molecule has 0 aliphatic heterocycles. The summed E-state index contributed by atoms with van der Waals surface area (Å²) >= 11 is 1.72. The fourth-order valence-electron chi connectivity index (χ4n) is 2.90. The average molecular weight is 360 g/mol. The summed E-state index contributed by atoms with van der Waals surface area (Å²) in [7, 11) is 0. The Kier molecular flexibility index (Phi) is 4.59. The van der Waals surface area contributed by atoms with Crippen LogP contribution in [0, 0.1) is 5.82 Å². The van der Waals surface area contributed by atoms with Crippen molar-refractivity contribution < 1.29 is 4.39 Å². The second-order valence-corrected chi connectivity index (χ2v) is 6.76. The van der Waals surface area contributed by atoms with Crippen molar-refractivity contribution in [2.45, 2.75) is 4.90 Å². The molecule has 0 amide bonds. The maximum atomic E-state index is 13.3. The fraction of sp³-hybridized carbons (Fsp3) is 0.0455. The second-order valence-electron chi connectivity index (χ2n) is 5.88. The lowest BCUT2D eigenvalue weighted by molar-refractivity contribution is 0.627. The molecule has 0 radical (unpaired) electrons. The van der Waals surface area contributed by atoms with Crippen LogP contribution in [-0.4, -0.2) is 15.8 Å². The summed E-state index contributed by atoms with van der Waals surface area (Å²) in [5, 5.41) is 0. The van der Waals surface area contributed by atoms with Gasteiger partial charge in [-0.3, -0.25) is 4.57 Å². The first-order valence-corrected chi connectivity index (χ1v) is 9.52. The van der Waals surface area contributed by atoms with Crippen LogP contribution in [0.3, 0.4) is 0 Å². The maximum Gasteiger partial charge on any atom is 0.138 e. The summed E-state index contributed by atoms with van der Waals surface area (Å²) in [6.45, 7) is 0. The van der Waals surface area contributed by atoms with Crippen molar-refractivity contribution in [1.29, 1.82) is 0 Å². The summed E-state index contributed by atoms with van der Waals surface area (Å²) < 4.78 is 15.4. The van der Waals surface area contributed by atoms with E-state index in [0.29, 0.717) is 0 Å². The molecule has 0 saturated carbocycles.